The van der Waals surface area contributed by atoms with Crippen molar-refractivity contribution in [2.75, 3.05) is 11.4 Å². The molecule has 1 atom stereocenters. The Hall–Kier alpha value is -2.52. The lowest BCUT2D eigenvalue weighted by atomic mass is 10.2. The van der Waals surface area contributed by atoms with Crippen molar-refractivity contribution in [1.82, 2.24) is 0 Å². The van der Waals surface area contributed by atoms with Gasteiger partial charge >= 0.3 is 0 Å². The van der Waals surface area contributed by atoms with Crippen LogP contribution in [-0.4, -0.2) is 17.7 Å². The van der Waals surface area contributed by atoms with Gasteiger partial charge in [-0.2, -0.15) is 9.99 Å². The summed E-state index contributed by atoms with van der Waals surface area (Å²) >= 11 is 1.21. The van der Waals surface area contributed by atoms with E-state index in [0.717, 1.165) is 10.4 Å². The van der Waals surface area contributed by atoms with E-state index in [4.69, 9.17) is 5.26 Å². The largest absolute Gasteiger partial charge is 0.618 e. The Morgan fingerprint density at radius 1 is 1.30 bits per heavy atom. The van der Waals surface area contributed by atoms with Crippen molar-refractivity contribution >= 4 is 23.4 Å². The summed E-state index contributed by atoms with van der Waals surface area (Å²) in [5.74, 6) is -0.125. The van der Waals surface area contributed by atoms with Gasteiger partial charge in [-0.3, -0.25) is 4.79 Å². The second-order valence-electron chi connectivity index (χ2n) is 4.86. The van der Waals surface area contributed by atoms with Gasteiger partial charge in [0, 0.05) is 24.4 Å². The number of aromatic nitrogens is 1. The molecule has 0 saturated carbocycles. The predicted molar refractivity (Wildman–Crippen MR) is 89.7 cm³/mol. The molecule has 0 aliphatic rings. The molecule has 23 heavy (non-hydrogen) atoms. The third-order valence-electron chi connectivity index (χ3n) is 3.21. The number of nitrogens with zero attached hydrogens (tertiary/aromatic N) is 3. The number of benzene rings is 1. The summed E-state index contributed by atoms with van der Waals surface area (Å²) in [5, 5.41) is 20.6. The van der Waals surface area contributed by atoms with Gasteiger partial charge in [0.05, 0.1) is 17.7 Å². The average Bonchev–Trinajstić information content (AvgIpc) is 2.58. The van der Waals surface area contributed by atoms with E-state index < -0.39 is 5.25 Å². The Morgan fingerprint density at radius 3 is 2.65 bits per heavy atom. The third kappa shape index (κ3) is 4.47. The molecule has 1 aromatic heterocycles. The van der Waals surface area contributed by atoms with Crippen LogP contribution in [0.1, 0.15) is 13.3 Å². The normalized spacial score (nSPS) is 11.5. The zero-order valence-corrected chi connectivity index (χ0v) is 13.6. The van der Waals surface area contributed by atoms with Crippen molar-refractivity contribution in [3.63, 3.8) is 0 Å². The standard InChI is InChI=1S/C17H17N3O2S/c1-14(23-16-10-5-6-13-20(16)22)17(21)19(12-7-11-18)15-8-3-2-4-9-15/h2-6,8-10,13-14H,7,12H2,1H3/t14-/m0/s1. The molecule has 1 heterocycles. The summed E-state index contributed by atoms with van der Waals surface area (Å²) in [6.45, 7) is 2.10. The highest BCUT2D eigenvalue weighted by Crippen LogP contribution is 2.24. The lowest BCUT2D eigenvalue weighted by molar-refractivity contribution is -0.645. The highest BCUT2D eigenvalue weighted by Gasteiger charge is 2.24. The average molecular weight is 327 g/mol. The van der Waals surface area contributed by atoms with Gasteiger partial charge in [-0.05, 0) is 36.9 Å². The molecular formula is C17H17N3O2S. The summed E-state index contributed by atoms with van der Waals surface area (Å²) in [6.07, 6.45) is 1.66. The Kier molecular flexibility index (Phi) is 6.01. The Bertz CT molecular complexity index is 700. The first-order chi connectivity index (χ1) is 11.1. The van der Waals surface area contributed by atoms with Crippen LogP contribution in [0.5, 0.6) is 0 Å². The lowest BCUT2D eigenvalue weighted by Gasteiger charge is -2.24. The van der Waals surface area contributed by atoms with Gasteiger partial charge in [0.1, 0.15) is 0 Å². The molecule has 0 fully saturated rings. The molecule has 2 aromatic rings. The predicted octanol–water partition coefficient (Wildman–Crippen LogP) is 2.75. The van der Waals surface area contributed by atoms with Gasteiger partial charge in [0.25, 0.3) is 5.03 Å². The van der Waals surface area contributed by atoms with Crippen LogP contribution in [0.15, 0.2) is 59.8 Å². The van der Waals surface area contributed by atoms with E-state index in [1.54, 1.807) is 30.0 Å². The number of nitriles is 1. The van der Waals surface area contributed by atoms with Crippen LogP contribution in [-0.2, 0) is 4.79 Å². The number of amides is 1. The maximum Gasteiger partial charge on any atom is 0.252 e. The Balaban J connectivity index is 2.16. The second-order valence-corrected chi connectivity index (χ2v) is 6.22. The molecule has 0 bridgehead atoms. The SMILES string of the molecule is C[C@H](Sc1cccc[n+]1[O-])C(=O)N(CCC#N)c1ccccc1. The molecule has 6 heteroatoms. The minimum absolute atomic E-state index is 0.125. The quantitative estimate of drug-likeness (QED) is 0.465. The topological polar surface area (TPSA) is 71.0 Å². The highest BCUT2D eigenvalue weighted by atomic mass is 32.2. The number of carbonyl (C=O) groups excluding carboxylic acids is 1. The van der Waals surface area contributed by atoms with Crippen LogP contribution in [0.4, 0.5) is 5.69 Å². The molecule has 1 amide bonds. The van der Waals surface area contributed by atoms with E-state index in [-0.39, 0.29) is 12.3 Å². The van der Waals surface area contributed by atoms with Crippen LogP contribution in [0.2, 0.25) is 0 Å². The number of carbonyl (C=O) groups is 1. The molecule has 118 valence electrons. The van der Waals surface area contributed by atoms with Crippen LogP contribution in [0, 0.1) is 16.5 Å². The summed E-state index contributed by atoms with van der Waals surface area (Å²) in [6, 6.07) is 16.4. The zero-order valence-electron chi connectivity index (χ0n) is 12.8. The molecule has 0 N–H and O–H groups in total. The number of anilines is 1. The Morgan fingerprint density at radius 2 is 2.00 bits per heavy atom. The van der Waals surface area contributed by atoms with Gasteiger partial charge in [-0.1, -0.05) is 18.2 Å². The molecule has 0 aliphatic carbocycles. The van der Waals surface area contributed by atoms with Crippen LogP contribution in [0.3, 0.4) is 0 Å². The summed E-state index contributed by atoms with van der Waals surface area (Å²) in [4.78, 5) is 14.3. The molecule has 0 aliphatic heterocycles. The van der Waals surface area contributed by atoms with Gasteiger partial charge in [0.2, 0.25) is 5.91 Å². The highest BCUT2D eigenvalue weighted by molar-refractivity contribution is 8.00. The summed E-state index contributed by atoms with van der Waals surface area (Å²) in [5.41, 5.74) is 0.753. The fourth-order valence-electron chi connectivity index (χ4n) is 2.09. The summed E-state index contributed by atoms with van der Waals surface area (Å²) < 4.78 is 0.747. The van der Waals surface area contributed by atoms with Gasteiger partial charge < -0.3 is 10.1 Å². The zero-order chi connectivity index (χ0) is 16.7. The number of rotatable bonds is 6. The molecule has 0 unspecified atom stereocenters. The molecule has 2 rings (SSSR count). The first-order valence-electron chi connectivity index (χ1n) is 7.21. The molecule has 1 aromatic carbocycles. The molecule has 5 nitrogen and oxygen atoms in total. The number of para-hydroxylation sites is 1. The first kappa shape index (κ1) is 16.8. The number of hydrogen-bond acceptors (Lipinski definition) is 4. The minimum atomic E-state index is -0.434. The monoisotopic (exact) mass is 327 g/mol. The van der Waals surface area contributed by atoms with Crippen molar-refractivity contribution in [1.29, 1.82) is 5.26 Å². The molecule has 0 saturated heterocycles. The van der Waals surface area contributed by atoms with Gasteiger partial charge in [-0.15, -0.1) is 0 Å². The number of pyridine rings is 1. The van der Waals surface area contributed by atoms with Crippen molar-refractivity contribution in [2.24, 2.45) is 0 Å². The van der Waals surface area contributed by atoms with Gasteiger partial charge in [-0.25, -0.2) is 0 Å². The van der Waals surface area contributed by atoms with E-state index in [2.05, 4.69) is 6.07 Å². The smallest absolute Gasteiger partial charge is 0.252 e. The van der Waals surface area contributed by atoms with Gasteiger partial charge in [0.15, 0.2) is 6.20 Å². The van der Waals surface area contributed by atoms with E-state index in [1.165, 1.54) is 18.0 Å². The minimum Gasteiger partial charge on any atom is -0.618 e. The van der Waals surface area contributed by atoms with Crippen LogP contribution < -0.4 is 9.63 Å². The molecular weight excluding hydrogens is 310 g/mol. The van der Waals surface area contributed by atoms with Crippen LogP contribution >= 0.6 is 11.8 Å². The maximum atomic E-state index is 12.7. The molecule has 0 radical (unpaired) electrons. The van der Waals surface area contributed by atoms with Crippen molar-refractivity contribution in [3.05, 3.63) is 59.9 Å². The van der Waals surface area contributed by atoms with Crippen molar-refractivity contribution < 1.29 is 9.52 Å². The van der Waals surface area contributed by atoms with Crippen LogP contribution in [0.25, 0.3) is 0 Å². The Labute approximate surface area is 139 Å². The van der Waals surface area contributed by atoms with Crippen molar-refractivity contribution in [3.8, 4) is 6.07 Å². The number of thioether (sulfide) groups is 1. The second kappa shape index (κ2) is 8.20. The van der Waals surface area contributed by atoms with E-state index >= 15 is 0 Å². The fourth-order valence-corrected chi connectivity index (χ4v) is 3.00. The fraction of sp³-hybridized carbons (Fsp3) is 0.235. The first-order valence-corrected chi connectivity index (χ1v) is 8.09. The van der Waals surface area contributed by atoms with E-state index in [1.807, 2.05) is 30.3 Å². The lowest BCUT2D eigenvalue weighted by Crippen LogP contribution is -2.38. The van der Waals surface area contributed by atoms with Crippen molar-refractivity contribution in [2.45, 2.75) is 23.6 Å². The third-order valence-corrected chi connectivity index (χ3v) is 4.33. The maximum absolute atomic E-state index is 12.7. The number of hydrogen-bond donors (Lipinski definition) is 0. The summed E-state index contributed by atoms with van der Waals surface area (Å²) in [7, 11) is 0. The molecule has 0 spiro atoms. The van der Waals surface area contributed by atoms with E-state index in [9.17, 15) is 10.0 Å². The van der Waals surface area contributed by atoms with E-state index in [0.29, 0.717) is 11.6 Å².